The van der Waals surface area contributed by atoms with E-state index >= 15 is 0 Å². The highest BCUT2D eigenvalue weighted by atomic mass is 16.5. The number of anilines is 1. The van der Waals surface area contributed by atoms with E-state index < -0.39 is 5.97 Å². The smallest absolute Gasteiger partial charge is 0.306 e. The minimum Gasteiger partial charge on any atom is -0.465 e. The molecule has 0 aliphatic carbocycles. The van der Waals surface area contributed by atoms with E-state index in [1.807, 2.05) is 30.3 Å². The second kappa shape index (κ2) is 11.9. The van der Waals surface area contributed by atoms with Gasteiger partial charge in [-0.25, -0.2) is 0 Å². The zero-order valence-corrected chi connectivity index (χ0v) is 17.5. The Morgan fingerprint density at radius 3 is 2.55 bits per heavy atom. The third kappa shape index (κ3) is 7.53. The van der Waals surface area contributed by atoms with Gasteiger partial charge in [0.1, 0.15) is 0 Å². The van der Waals surface area contributed by atoms with Crippen LogP contribution in [0.5, 0.6) is 0 Å². The van der Waals surface area contributed by atoms with Gasteiger partial charge in [0.05, 0.1) is 30.4 Å². The molecule has 0 spiro atoms. The van der Waals surface area contributed by atoms with E-state index in [9.17, 15) is 14.4 Å². The Morgan fingerprint density at radius 1 is 1.00 bits per heavy atom. The van der Waals surface area contributed by atoms with Crippen molar-refractivity contribution in [2.24, 2.45) is 0 Å². The summed E-state index contributed by atoms with van der Waals surface area (Å²) in [5.74, 6) is -1.04. The van der Waals surface area contributed by atoms with E-state index in [1.165, 1.54) is 0 Å². The fourth-order valence-electron chi connectivity index (χ4n) is 3.33. The van der Waals surface area contributed by atoms with Gasteiger partial charge in [0.25, 0.3) is 5.91 Å². The van der Waals surface area contributed by atoms with Crippen LogP contribution in [0.25, 0.3) is 0 Å². The summed E-state index contributed by atoms with van der Waals surface area (Å²) in [5.41, 5.74) is 1.87. The molecule has 2 aromatic rings. The molecule has 2 amide bonds. The van der Waals surface area contributed by atoms with Gasteiger partial charge in [0.15, 0.2) is 0 Å². The Hall–Kier alpha value is -3.19. The molecule has 164 valence electrons. The van der Waals surface area contributed by atoms with Gasteiger partial charge in [-0.05, 0) is 30.5 Å². The molecular formula is C24H28N2O5. The summed E-state index contributed by atoms with van der Waals surface area (Å²) in [5, 5.41) is 5.57. The minimum absolute atomic E-state index is 0.0178. The molecule has 1 heterocycles. The number of rotatable bonds is 10. The van der Waals surface area contributed by atoms with E-state index in [0.717, 1.165) is 25.0 Å². The Labute approximate surface area is 182 Å². The highest BCUT2D eigenvalue weighted by Gasteiger charge is 2.18. The Morgan fingerprint density at radius 2 is 1.77 bits per heavy atom. The van der Waals surface area contributed by atoms with Crippen molar-refractivity contribution >= 4 is 23.5 Å². The number of carbonyl (C=O) groups excluding carboxylic acids is 3. The molecule has 2 N–H and O–H groups in total. The lowest BCUT2D eigenvalue weighted by Gasteiger charge is -2.13. The van der Waals surface area contributed by atoms with Crippen molar-refractivity contribution in [1.82, 2.24) is 5.32 Å². The highest BCUT2D eigenvalue weighted by molar-refractivity contribution is 6.04. The SMILES string of the molecule is O=C(CCC(=O)OCCc1ccccc1)Nc1ccccc1C(=O)NCC1CCCO1. The van der Waals surface area contributed by atoms with E-state index in [0.29, 0.717) is 24.2 Å². The number of ether oxygens (including phenoxy) is 2. The van der Waals surface area contributed by atoms with Crippen molar-refractivity contribution in [2.75, 3.05) is 25.1 Å². The molecule has 1 unspecified atom stereocenters. The molecule has 0 saturated carbocycles. The average Bonchev–Trinajstić information content (AvgIpc) is 3.31. The van der Waals surface area contributed by atoms with Gasteiger partial charge in [-0.2, -0.15) is 0 Å². The maximum atomic E-state index is 12.5. The largest absolute Gasteiger partial charge is 0.465 e. The van der Waals surface area contributed by atoms with E-state index in [4.69, 9.17) is 9.47 Å². The highest BCUT2D eigenvalue weighted by Crippen LogP contribution is 2.16. The van der Waals surface area contributed by atoms with Gasteiger partial charge in [-0.1, -0.05) is 42.5 Å². The molecule has 0 aromatic heterocycles. The summed E-state index contributed by atoms with van der Waals surface area (Å²) in [6.07, 6.45) is 2.57. The lowest BCUT2D eigenvalue weighted by atomic mass is 10.1. The zero-order valence-electron chi connectivity index (χ0n) is 17.5. The third-order valence-electron chi connectivity index (χ3n) is 5.01. The summed E-state index contributed by atoms with van der Waals surface area (Å²) in [6.45, 7) is 1.44. The van der Waals surface area contributed by atoms with Crippen molar-refractivity contribution in [3.05, 3.63) is 65.7 Å². The monoisotopic (exact) mass is 424 g/mol. The van der Waals surface area contributed by atoms with Gasteiger partial charge in [0, 0.05) is 26.0 Å². The van der Waals surface area contributed by atoms with Gasteiger partial charge in [-0.3, -0.25) is 14.4 Å². The first-order valence-electron chi connectivity index (χ1n) is 10.6. The first-order chi connectivity index (χ1) is 15.1. The average molecular weight is 424 g/mol. The molecular weight excluding hydrogens is 396 g/mol. The quantitative estimate of drug-likeness (QED) is 0.572. The van der Waals surface area contributed by atoms with Gasteiger partial charge in [0.2, 0.25) is 5.91 Å². The second-order valence-electron chi connectivity index (χ2n) is 7.39. The molecule has 0 radical (unpaired) electrons. The van der Waals surface area contributed by atoms with Crippen LogP contribution < -0.4 is 10.6 Å². The summed E-state index contributed by atoms with van der Waals surface area (Å²) in [7, 11) is 0. The van der Waals surface area contributed by atoms with E-state index in [1.54, 1.807) is 24.3 Å². The molecule has 3 rings (SSSR count). The zero-order chi connectivity index (χ0) is 21.9. The van der Waals surface area contributed by atoms with Crippen LogP contribution in [0.4, 0.5) is 5.69 Å². The molecule has 31 heavy (non-hydrogen) atoms. The number of esters is 1. The predicted octanol–water partition coefficient (Wildman–Crippen LogP) is 3.10. The van der Waals surface area contributed by atoms with Crippen LogP contribution >= 0.6 is 0 Å². The van der Waals surface area contributed by atoms with Crippen LogP contribution in [0.3, 0.4) is 0 Å². The molecule has 1 fully saturated rings. The summed E-state index contributed by atoms with van der Waals surface area (Å²) >= 11 is 0. The maximum Gasteiger partial charge on any atom is 0.306 e. The summed E-state index contributed by atoms with van der Waals surface area (Å²) in [4.78, 5) is 36.7. The lowest BCUT2D eigenvalue weighted by molar-refractivity contribution is -0.144. The van der Waals surface area contributed by atoms with Crippen molar-refractivity contribution in [3.8, 4) is 0 Å². The number of hydrogen-bond acceptors (Lipinski definition) is 5. The van der Waals surface area contributed by atoms with Gasteiger partial charge >= 0.3 is 5.97 Å². The Bertz CT molecular complexity index is 879. The fourth-order valence-corrected chi connectivity index (χ4v) is 3.33. The molecule has 2 aromatic carbocycles. The summed E-state index contributed by atoms with van der Waals surface area (Å²) in [6, 6.07) is 16.5. The van der Waals surface area contributed by atoms with E-state index in [-0.39, 0.29) is 37.4 Å². The van der Waals surface area contributed by atoms with Crippen molar-refractivity contribution in [1.29, 1.82) is 0 Å². The van der Waals surface area contributed by atoms with Gasteiger partial charge < -0.3 is 20.1 Å². The Balaban J connectivity index is 1.41. The molecule has 1 aliphatic heterocycles. The van der Waals surface area contributed by atoms with Crippen LogP contribution in [0.15, 0.2) is 54.6 Å². The van der Waals surface area contributed by atoms with Crippen LogP contribution in [0.2, 0.25) is 0 Å². The standard InChI is InChI=1S/C24H28N2O5/c27-22(12-13-23(28)31-16-14-18-7-2-1-3-8-18)26-21-11-5-4-10-20(21)24(29)25-17-19-9-6-15-30-19/h1-5,7-8,10-11,19H,6,9,12-17H2,(H,25,29)(H,26,27). The maximum absolute atomic E-state index is 12.5. The van der Waals surface area contributed by atoms with Crippen molar-refractivity contribution in [3.63, 3.8) is 0 Å². The topological polar surface area (TPSA) is 93.7 Å². The number of amides is 2. The number of nitrogens with one attached hydrogen (secondary N) is 2. The third-order valence-corrected chi connectivity index (χ3v) is 5.01. The van der Waals surface area contributed by atoms with Crippen LogP contribution in [0.1, 0.15) is 41.6 Å². The normalized spacial score (nSPS) is 15.3. The molecule has 1 aliphatic rings. The molecule has 1 atom stereocenters. The second-order valence-corrected chi connectivity index (χ2v) is 7.39. The molecule has 1 saturated heterocycles. The van der Waals surface area contributed by atoms with Crippen LogP contribution in [-0.4, -0.2) is 43.6 Å². The van der Waals surface area contributed by atoms with Crippen LogP contribution in [0, 0.1) is 0 Å². The number of para-hydroxylation sites is 1. The number of benzene rings is 2. The minimum atomic E-state index is -0.423. The molecule has 7 heteroatoms. The number of hydrogen-bond donors (Lipinski definition) is 2. The lowest BCUT2D eigenvalue weighted by Crippen LogP contribution is -2.32. The molecule has 0 bridgehead atoms. The summed E-state index contributed by atoms with van der Waals surface area (Å²) < 4.78 is 10.7. The van der Waals surface area contributed by atoms with Gasteiger partial charge in [-0.15, -0.1) is 0 Å². The Kier molecular flexibility index (Phi) is 8.60. The first kappa shape index (κ1) is 22.5. The van der Waals surface area contributed by atoms with E-state index in [2.05, 4.69) is 10.6 Å². The predicted molar refractivity (Wildman–Crippen MR) is 117 cm³/mol. The fraction of sp³-hybridized carbons (Fsp3) is 0.375. The van der Waals surface area contributed by atoms with Crippen molar-refractivity contribution < 1.29 is 23.9 Å². The first-order valence-corrected chi connectivity index (χ1v) is 10.6. The molecule has 7 nitrogen and oxygen atoms in total. The van der Waals surface area contributed by atoms with Crippen LogP contribution in [-0.2, 0) is 25.5 Å². The van der Waals surface area contributed by atoms with Crippen molar-refractivity contribution in [2.45, 2.75) is 38.2 Å². The number of carbonyl (C=O) groups is 3.